The first-order valence-corrected chi connectivity index (χ1v) is 5.28. The van der Waals surface area contributed by atoms with Gasteiger partial charge < -0.3 is 5.73 Å². The van der Waals surface area contributed by atoms with Crippen LogP contribution in [0.5, 0.6) is 0 Å². The van der Waals surface area contributed by atoms with Crippen LogP contribution >= 0.6 is 11.8 Å². The van der Waals surface area contributed by atoms with Crippen molar-refractivity contribution in [3.8, 4) is 12.3 Å². The molecule has 0 unspecified atom stereocenters. The Morgan fingerprint density at radius 1 is 1.43 bits per heavy atom. The summed E-state index contributed by atoms with van der Waals surface area (Å²) in [5, 5.41) is 0.912. The lowest BCUT2D eigenvalue weighted by Gasteiger charge is -2.08. The van der Waals surface area contributed by atoms with E-state index in [1.165, 1.54) is 11.8 Å². The predicted octanol–water partition coefficient (Wildman–Crippen LogP) is 1.28. The highest BCUT2D eigenvalue weighted by molar-refractivity contribution is 7.99. The van der Waals surface area contributed by atoms with Crippen LogP contribution in [0.4, 0.5) is 0 Å². The molecule has 0 saturated heterocycles. The van der Waals surface area contributed by atoms with Crippen LogP contribution in [0.2, 0.25) is 0 Å². The van der Waals surface area contributed by atoms with E-state index in [1.807, 2.05) is 13.8 Å². The van der Waals surface area contributed by atoms with E-state index in [-0.39, 0.29) is 0 Å². The van der Waals surface area contributed by atoms with E-state index in [2.05, 4.69) is 15.9 Å². The van der Waals surface area contributed by atoms with Gasteiger partial charge in [0.1, 0.15) is 10.9 Å². The van der Waals surface area contributed by atoms with Crippen LogP contribution in [0.1, 0.15) is 17.1 Å². The van der Waals surface area contributed by atoms with Crippen molar-refractivity contribution in [2.45, 2.75) is 25.4 Å². The normalized spacial score (nSPS) is 9.86. The Morgan fingerprint density at radius 2 is 2.14 bits per heavy atom. The molecule has 0 amide bonds. The Balaban J connectivity index is 3.06. The number of nitrogens with two attached hydrogens (primary N) is 1. The number of hydrogen-bond donors (Lipinski definition) is 1. The Kier molecular flexibility index (Phi) is 3.93. The Labute approximate surface area is 88.5 Å². The third kappa shape index (κ3) is 2.47. The smallest absolute Gasteiger partial charge is 0.126 e. The molecule has 0 fully saturated rings. The first-order chi connectivity index (χ1) is 6.69. The average molecular weight is 207 g/mol. The summed E-state index contributed by atoms with van der Waals surface area (Å²) < 4.78 is 0. The molecule has 1 aromatic heterocycles. The SMILES string of the molecule is C#CCSc1nc(C)nc(C)c1CN. The minimum atomic E-state index is 0.457. The van der Waals surface area contributed by atoms with Gasteiger partial charge in [0.15, 0.2) is 0 Å². The second kappa shape index (κ2) is 4.99. The molecule has 0 aromatic carbocycles. The molecular weight excluding hydrogens is 194 g/mol. The monoisotopic (exact) mass is 207 g/mol. The highest BCUT2D eigenvalue weighted by Gasteiger charge is 2.08. The molecule has 1 rings (SSSR count). The molecule has 2 N–H and O–H groups in total. The van der Waals surface area contributed by atoms with Crippen molar-refractivity contribution < 1.29 is 0 Å². The van der Waals surface area contributed by atoms with Crippen molar-refractivity contribution in [3.05, 3.63) is 17.1 Å². The van der Waals surface area contributed by atoms with Gasteiger partial charge in [-0.1, -0.05) is 17.7 Å². The van der Waals surface area contributed by atoms with Crippen molar-refractivity contribution in [1.29, 1.82) is 0 Å². The van der Waals surface area contributed by atoms with Crippen LogP contribution in [0.25, 0.3) is 0 Å². The molecule has 0 atom stereocenters. The number of aromatic nitrogens is 2. The minimum absolute atomic E-state index is 0.457. The molecule has 74 valence electrons. The summed E-state index contributed by atoms with van der Waals surface area (Å²) in [5.41, 5.74) is 7.57. The standard InChI is InChI=1S/C10H13N3S/c1-4-5-14-10-9(6-11)7(2)12-8(3)13-10/h1H,5-6,11H2,2-3H3. The molecular formula is C10H13N3S. The zero-order valence-corrected chi connectivity index (χ0v) is 9.19. The molecule has 0 aliphatic rings. The minimum Gasteiger partial charge on any atom is -0.326 e. The Hall–Kier alpha value is -1.05. The second-order valence-electron chi connectivity index (χ2n) is 2.84. The van der Waals surface area contributed by atoms with Crippen LogP contribution < -0.4 is 5.73 Å². The maximum Gasteiger partial charge on any atom is 0.126 e. The maximum absolute atomic E-state index is 5.63. The van der Waals surface area contributed by atoms with Gasteiger partial charge in [-0.25, -0.2) is 9.97 Å². The summed E-state index contributed by atoms with van der Waals surface area (Å²) in [6, 6.07) is 0. The zero-order valence-electron chi connectivity index (χ0n) is 8.37. The Morgan fingerprint density at radius 3 is 2.71 bits per heavy atom. The number of rotatable bonds is 3. The van der Waals surface area contributed by atoms with E-state index in [4.69, 9.17) is 12.2 Å². The van der Waals surface area contributed by atoms with Gasteiger partial charge in [0, 0.05) is 17.8 Å². The van der Waals surface area contributed by atoms with Gasteiger partial charge in [-0.15, -0.1) is 6.42 Å². The van der Waals surface area contributed by atoms with Crippen LogP contribution in [0.3, 0.4) is 0 Å². The highest BCUT2D eigenvalue weighted by Crippen LogP contribution is 2.21. The highest BCUT2D eigenvalue weighted by atomic mass is 32.2. The molecule has 0 aliphatic carbocycles. The third-order valence-electron chi connectivity index (χ3n) is 1.78. The van der Waals surface area contributed by atoms with Crippen molar-refractivity contribution in [2.24, 2.45) is 5.73 Å². The number of nitrogens with zero attached hydrogens (tertiary/aromatic N) is 2. The lowest BCUT2D eigenvalue weighted by Crippen LogP contribution is -2.07. The van der Waals surface area contributed by atoms with Crippen LogP contribution in [0, 0.1) is 26.2 Å². The quantitative estimate of drug-likeness (QED) is 0.461. The average Bonchev–Trinajstić information content (AvgIpc) is 2.14. The van der Waals surface area contributed by atoms with Gasteiger partial charge in [-0.05, 0) is 13.8 Å². The molecule has 14 heavy (non-hydrogen) atoms. The number of thioether (sulfide) groups is 1. The number of terminal acetylenes is 1. The van der Waals surface area contributed by atoms with Gasteiger partial charge in [-0.2, -0.15) is 0 Å². The van der Waals surface area contributed by atoms with E-state index in [1.54, 1.807) is 0 Å². The van der Waals surface area contributed by atoms with Gasteiger partial charge in [-0.3, -0.25) is 0 Å². The summed E-state index contributed by atoms with van der Waals surface area (Å²) in [6.45, 7) is 4.27. The predicted molar refractivity (Wildman–Crippen MR) is 59.0 cm³/mol. The third-order valence-corrected chi connectivity index (χ3v) is 2.71. The van der Waals surface area contributed by atoms with E-state index < -0.39 is 0 Å². The lowest BCUT2D eigenvalue weighted by molar-refractivity contribution is 0.857. The van der Waals surface area contributed by atoms with Gasteiger partial charge in [0.05, 0.1) is 5.75 Å². The largest absolute Gasteiger partial charge is 0.326 e. The van der Waals surface area contributed by atoms with Gasteiger partial charge >= 0.3 is 0 Å². The van der Waals surface area contributed by atoms with E-state index in [0.717, 1.165) is 22.1 Å². The van der Waals surface area contributed by atoms with Gasteiger partial charge in [0.2, 0.25) is 0 Å². The topological polar surface area (TPSA) is 51.8 Å². The van der Waals surface area contributed by atoms with Crippen molar-refractivity contribution in [3.63, 3.8) is 0 Å². The molecule has 0 aliphatic heterocycles. The fourth-order valence-electron chi connectivity index (χ4n) is 1.17. The summed E-state index contributed by atoms with van der Waals surface area (Å²) in [7, 11) is 0. The van der Waals surface area contributed by atoms with E-state index >= 15 is 0 Å². The van der Waals surface area contributed by atoms with Crippen LogP contribution in [-0.2, 0) is 6.54 Å². The Bertz CT molecular complexity index is 368. The molecule has 3 nitrogen and oxygen atoms in total. The first-order valence-electron chi connectivity index (χ1n) is 4.29. The fraction of sp³-hybridized carbons (Fsp3) is 0.400. The number of hydrogen-bond acceptors (Lipinski definition) is 4. The summed E-state index contributed by atoms with van der Waals surface area (Å²) in [5.74, 6) is 3.95. The summed E-state index contributed by atoms with van der Waals surface area (Å²) in [4.78, 5) is 8.58. The van der Waals surface area contributed by atoms with E-state index in [9.17, 15) is 0 Å². The summed E-state index contributed by atoms with van der Waals surface area (Å²) >= 11 is 1.53. The second-order valence-corrected chi connectivity index (χ2v) is 3.80. The molecule has 4 heteroatoms. The lowest BCUT2D eigenvalue weighted by atomic mass is 10.2. The van der Waals surface area contributed by atoms with Crippen LogP contribution in [-0.4, -0.2) is 15.7 Å². The molecule has 0 bridgehead atoms. The number of aryl methyl sites for hydroxylation is 2. The van der Waals surface area contributed by atoms with Crippen molar-refractivity contribution >= 4 is 11.8 Å². The van der Waals surface area contributed by atoms with E-state index in [0.29, 0.717) is 12.3 Å². The maximum atomic E-state index is 5.63. The molecule has 0 radical (unpaired) electrons. The molecule has 0 spiro atoms. The summed E-state index contributed by atoms with van der Waals surface area (Å²) in [6.07, 6.45) is 5.20. The zero-order chi connectivity index (χ0) is 10.6. The van der Waals surface area contributed by atoms with Crippen LogP contribution in [0.15, 0.2) is 5.03 Å². The fourth-order valence-corrected chi connectivity index (χ4v) is 1.99. The molecule has 1 aromatic rings. The van der Waals surface area contributed by atoms with Gasteiger partial charge in [0.25, 0.3) is 0 Å². The molecule has 1 heterocycles. The van der Waals surface area contributed by atoms with Crippen molar-refractivity contribution in [2.75, 3.05) is 5.75 Å². The van der Waals surface area contributed by atoms with Crippen molar-refractivity contribution in [1.82, 2.24) is 9.97 Å². The molecule has 0 saturated carbocycles. The first kappa shape index (κ1) is 11.0.